The van der Waals surface area contributed by atoms with Gasteiger partial charge in [-0.2, -0.15) is 0 Å². The number of sulfonamides is 1. The first-order valence-electron chi connectivity index (χ1n) is 6.83. The van der Waals surface area contributed by atoms with E-state index in [4.69, 9.17) is 5.11 Å². The highest BCUT2D eigenvalue weighted by atomic mass is 32.2. The standard InChI is InChI=1S/C13H27NO3S/c1-13(2,3)11-14(8-5-9-15)18(16,17)10-12-6-4-7-12/h12,15H,4-11H2,1-3H3. The monoisotopic (exact) mass is 277 g/mol. The van der Waals surface area contributed by atoms with Crippen LogP contribution in [-0.4, -0.2) is 43.3 Å². The van der Waals surface area contributed by atoms with Crippen molar-refractivity contribution in [1.82, 2.24) is 4.31 Å². The van der Waals surface area contributed by atoms with Crippen molar-refractivity contribution in [3.8, 4) is 0 Å². The molecule has 0 aromatic heterocycles. The van der Waals surface area contributed by atoms with Crippen molar-refractivity contribution in [1.29, 1.82) is 0 Å². The fourth-order valence-corrected chi connectivity index (χ4v) is 4.29. The van der Waals surface area contributed by atoms with Crippen LogP contribution < -0.4 is 0 Å². The summed E-state index contributed by atoms with van der Waals surface area (Å²) in [5.41, 5.74) is -0.0534. The van der Waals surface area contributed by atoms with E-state index >= 15 is 0 Å². The maximum absolute atomic E-state index is 12.4. The normalized spacial score (nSPS) is 18.1. The predicted molar refractivity (Wildman–Crippen MR) is 73.9 cm³/mol. The van der Waals surface area contributed by atoms with Gasteiger partial charge in [0, 0.05) is 19.7 Å². The van der Waals surface area contributed by atoms with Gasteiger partial charge in [0.2, 0.25) is 10.0 Å². The highest BCUT2D eigenvalue weighted by molar-refractivity contribution is 7.89. The van der Waals surface area contributed by atoms with Crippen LogP contribution in [0.2, 0.25) is 0 Å². The molecule has 1 saturated carbocycles. The molecule has 0 aliphatic heterocycles. The van der Waals surface area contributed by atoms with Gasteiger partial charge in [0.25, 0.3) is 0 Å². The summed E-state index contributed by atoms with van der Waals surface area (Å²) in [6.45, 7) is 7.12. The van der Waals surface area contributed by atoms with Gasteiger partial charge in [-0.1, -0.05) is 27.2 Å². The maximum Gasteiger partial charge on any atom is 0.214 e. The van der Waals surface area contributed by atoms with Crippen LogP contribution in [0, 0.1) is 11.3 Å². The van der Waals surface area contributed by atoms with Gasteiger partial charge in [0.1, 0.15) is 0 Å². The van der Waals surface area contributed by atoms with Gasteiger partial charge >= 0.3 is 0 Å². The molecule has 0 bridgehead atoms. The Morgan fingerprint density at radius 1 is 1.28 bits per heavy atom. The SMILES string of the molecule is CC(C)(C)CN(CCCO)S(=O)(=O)CC1CCC1. The number of rotatable bonds is 7. The minimum atomic E-state index is -3.17. The molecule has 0 saturated heterocycles. The summed E-state index contributed by atoms with van der Waals surface area (Å²) < 4.78 is 26.3. The van der Waals surface area contributed by atoms with Crippen LogP contribution in [0.25, 0.3) is 0 Å². The van der Waals surface area contributed by atoms with Crippen molar-refractivity contribution >= 4 is 10.0 Å². The molecule has 1 aliphatic carbocycles. The summed E-state index contributed by atoms with van der Waals surface area (Å²) in [4.78, 5) is 0. The molecule has 0 atom stereocenters. The molecule has 0 spiro atoms. The molecule has 4 nitrogen and oxygen atoms in total. The Morgan fingerprint density at radius 2 is 1.89 bits per heavy atom. The number of nitrogens with zero attached hydrogens (tertiary/aromatic N) is 1. The smallest absolute Gasteiger partial charge is 0.214 e. The Labute approximate surface area is 111 Å². The largest absolute Gasteiger partial charge is 0.396 e. The van der Waals surface area contributed by atoms with Gasteiger partial charge in [-0.05, 0) is 30.6 Å². The summed E-state index contributed by atoms with van der Waals surface area (Å²) in [6.07, 6.45) is 3.77. The summed E-state index contributed by atoms with van der Waals surface area (Å²) >= 11 is 0. The molecule has 1 rings (SSSR count). The highest BCUT2D eigenvalue weighted by Crippen LogP contribution is 2.29. The van der Waals surface area contributed by atoms with E-state index < -0.39 is 10.0 Å². The van der Waals surface area contributed by atoms with Crippen LogP contribution in [0.5, 0.6) is 0 Å². The van der Waals surface area contributed by atoms with Gasteiger partial charge in [0.05, 0.1) is 5.75 Å². The molecular formula is C13H27NO3S. The van der Waals surface area contributed by atoms with Crippen LogP contribution in [0.1, 0.15) is 46.5 Å². The second kappa shape index (κ2) is 6.35. The van der Waals surface area contributed by atoms with Crippen LogP contribution in [0.4, 0.5) is 0 Å². The lowest BCUT2D eigenvalue weighted by Gasteiger charge is -2.32. The third-order valence-corrected chi connectivity index (χ3v) is 5.27. The average Bonchev–Trinajstić information content (AvgIpc) is 2.17. The molecule has 0 unspecified atom stereocenters. The molecule has 0 radical (unpaired) electrons. The molecular weight excluding hydrogens is 250 g/mol. The zero-order valence-electron chi connectivity index (χ0n) is 11.9. The molecule has 18 heavy (non-hydrogen) atoms. The van der Waals surface area contributed by atoms with E-state index in [0.29, 0.717) is 25.4 Å². The number of aliphatic hydroxyl groups is 1. The van der Waals surface area contributed by atoms with Crippen molar-refractivity contribution < 1.29 is 13.5 Å². The zero-order chi connectivity index (χ0) is 13.8. The Bertz CT molecular complexity index is 342. The van der Waals surface area contributed by atoms with E-state index in [1.807, 2.05) is 20.8 Å². The number of hydrogen-bond acceptors (Lipinski definition) is 3. The minimum Gasteiger partial charge on any atom is -0.396 e. The van der Waals surface area contributed by atoms with Crippen LogP contribution in [0.3, 0.4) is 0 Å². The number of hydrogen-bond donors (Lipinski definition) is 1. The first-order chi connectivity index (χ1) is 8.24. The second-order valence-electron chi connectivity index (χ2n) is 6.55. The summed E-state index contributed by atoms with van der Waals surface area (Å²) in [6, 6.07) is 0. The van der Waals surface area contributed by atoms with Gasteiger partial charge in [-0.3, -0.25) is 0 Å². The van der Waals surface area contributed by atoms with Crippen molar-refractivity contribution in [2.24, 2.45) is 11.3 Å². The van der Waals surface area contributed by atoms with E-state index in [0.717, 1.165) is 19.3 Å². The third kappa shape index (κ3) is 5.24. The van der Waals surface area contributed by atoms with E-state index in [1.54, 1.807) is 4.31 Å². The van der Waals surface area contributed by atoms with Crippen LogP contribution in [-0.2, 0) is 10.0 Å². The molecule has 108 valence electrons. The molecule has 1 aliphatic rings. The average molecular weight is 277 g/mol. The summed E-state index contributed by atoms with van der Waals surface area (Å²) in [5, 5.41) is 8.90. The molecule has 0 aromatic rings. The Balaban J connectivity index is 2.66. The van der Waals surface area contributed by atoms with Crippen molar-refractivity contribution in [3.63, 3.8) is 0 Å². The second-order valence-corrected chi connectivity index (χ2v) is 8.56. The van der Waals surface area contributed by atoms with E-state index in [2.05, 4.69) is 0 Å². The Hall–Kier alpha value is -0.130. The zero-order valence-corrected chi connectivity index (χ0v) is 12.7. The van der Waals surface area contributed by atoms with E-state index in [-0.39, 0.29) is 17.8 Å². The molecule has 1 N–H and O–H groups in total. The Kier molecular flexibility index (Phi) is 5.62. The van der Waals surface area contributed by atoms with Gasteiger partial charge in [-0.15, -0.1) is 0 Å². The van der Waals surface area contributed by atoms with Crippen molar-refractivity contribution in [2.75, 3.05) is 25.4 Å². The van der Waals surface area contributed by atoms with Gasteiger partial charge in [0.15, 0.2) is 0 Å². The van der Waals surface area contributed by atoms with Gasteiger partial charge < -0.3 is 5.11 Å². The molecule has 0 heterocycles. The molecule has 0 amide bonds. The van der Waals surface area contributed by atoms with Crippen LogP contribution >= 0.6 is 0 Å². The lowest BCUT2D eigenvalue weighted by Crippen LogP contribution is -2.42. The maximum atomic E-state index is 12.4. The quantitative estimate of drug-likeness (QED) is 0.772. The Morgan fingerprint density at radius 3 is 2.28 bits per heavy atom. The lowest BCUT2D eigenvalue weighted by molar-refractivity contribution is 0.238. The van der Waals surface area contributed by atoms with Crippen LogP contribution in [0.15, 0.2) is 0 Å². The fraction of sp³-hybridized carbons (Fsp3) is 1.00. The molecule has 1 fully saturated rings. The van der Waals surface area contributed by atoms with Gasteiger partial charge in [-0.25, -0.2) is 12.7 Å². The highest BCUT2D eigenvalue weighted by Gasteiger charge is 2.31. The van der Waals surface area contributed by atoms with E-state index in [1.165, 1.54) is 0 Å². The van der Waals surface area contributed by atoms with Crippen molar-refractivity contribution in [2.45, 2.75) is 46.5 Å². The summed E-state index contributed by atoms with van der Waals surface area (Å²) in [7, 11) is -3.17. The molecule has 0 aromatic carbocycles. The number of aliphatic hydroxyl groups excluding tert-OH is 1. The lowest BCUT2D eigenvalue weighted by atomic mass is 9.87. The van der Waals surface area contributed by atoms with Crippen molar-refractivity contribution in [3.05, 3.63) is 0 Å². The first kappa shape index (κ1) is 15.9. The molecule has 5 heteroatoms. The fourth-order valence-electron chi connectivity index (χ4n) is 2.16. The topological polar surface area (TPSA) is 57.6 Å². The predicted octanol–water partition coefficient (Wildman–Crippen LogP) is 1.85. The summed E-state index contributed by atoms with van der Waals surface area (Å²) in [5.74, 6) is 0.640. The minimum absolute atomic E-state index is 0.0413. The third-order valence-electron chi connectivity index (χ3n) is 3.28. The van der Waals surface area contributed by atoms with E-state index in [9.17, 15) is 8.42 Å². The first-order valence-corrected chi connectivity index (χ1v) is 8.44.